The number of anilines is 3. The van der Waals surface area contributed by atoms with Crippen molar-refractivity contribution in [1.82, 2.24) is 0 Å². The highest BCUT2D eigenvalue weighted by Crippen LogP contribution is 2.44. The lowest BCUT2D eigenvalue weighted by molar-refractivity contribution is 0.104. The van der Waals surface area contributed by atoms with Gasteiger partial charge in [0.05, 0.1) is 10.6 Å². The first-order chi connectivity index (χ1) is 15.7. The van der Waals surface area contributed by atoms with E-state index < -0.39 is 9.84 Å². The van der Waals surface area contributed by atoms with Gasteiger partial charge in [-0.3, -0.25) is 4.79 Å². The highest BCUT2D eigenvalue weighted by Gasteiger charge is 2.31. The first-order valence-corrected chi connectivity index (χ1v) is 13.1. The highest BCUT2D eigenvalue weighted by atomic mass is 79.9. The summed E-state index contributed by atoms with van der Waals surface area (Å²) < 4.78 is 28.1. The van der Waals surface area contributed by atoms with E-state index in [4.69, 9.17) is 5.73 Å². The van der Waals surface area contributed by atoms with Gasteiger partial charge in [0.15, 0.2) is 0 Å². The SMILES string of the molecule is Cc1ccc(C)c(Nc2sc(C(=O)c3ccccc3)c(N)c2S(=O)(=O)c2ccc(Br)cc2)c1. The van der Waals surface area contributed by atoms with Crippen LogP contribution in [0.1, 0.15) is 26.4 Å². The van der Waals surface area contributed by atoms with Crippen molar-refractivity contribution in [2.75, 3.05) is 11.1 Å². The second kappa shape index (κ2) is 9.13. The molecule has 0 spiro atoms. The molecule has 4 aromatic rings. The number of carbonyl (C=O) groups excluding carboxylic acids is 1. The Morgan fingerprint density at radius 1 is 0.970 bits per heavy atom. The fourth-order valence-corrected chi connectivity index (χ4v) is 6.58. The molecular formula is C25H21BrN2O3S2. The molecule has 0 saturated carbocycles. The van der Waals surface area contributed by atoms with E-state index in [1.165, 1.54) is 12.1 Å². The van der Waals surface area contributed by atoms with Gasteiger partial charge in [0.2, 0.25) is 15.6 Å². The van der Waals surface area contributed by atoms with E-state index >= 15 is 0 Å². The van der Waals surface area contributed by atoms with Crippen LogP contribution in [-0.2, 0) is 9.84 Å². The third-order valence-electron chi connectivity index (χ3n) is 5.18. The van der Waals surface area contributed by atoms with Crippen LogP contribution in [0.3, 0.4) is 0 Å². The topological polar surface area (TPSA) is 89.3 Å². The summed E-state index contributed by atoms with van der Waals surface area (Å²) in [5.41, 5.74) is 9.48. The zero-order valence-corrected chi connectivity index (χ0v) is 21.1. The molecule has 33 heavy (non-hydrogen) atoms. The zero-order chi connectivity index (χ0) is 23.8. The van der Waals surface area contributed by atoms with Crippen LogP contribution < -0.4 is 11.1 Å². The van der Waals surface area contributed by atoms with E-state index in [-0.39, 0.29) is 26.1 Å². The van der Waals surface area contributed by atoms with Gasteiger partial charge in [-0.1, -0.05) is 58.4 Å². The second-order valence-electron chi connectivity index (χ2n) is 7.60. The monoisotopic (exact) mass is 540 g/mol. The summed E-state index contributed by atoms with van der Waals surface area (Å²) in [6.07, 6.45) is 0. The molecule has 0 aliphatic carbocycles. The van der Waals surface area contributed by atoms with Crippen molar-refractivity contribution in [2.45, 2.75) is 23.6 Å². The number of hydrogen-bond donors (Lipinski definition) is 2. The Bertz CT molecular complexity index is 1450. The summed E-state index contributed by atoms with van der Waals surface area (Å²) >= 11 is 4.38. The quantitative estimate of drug-likeness (QED) is 0.272. The Hall–Kier alpha value is -2.94. The van der Waals surface area contributed by atoms with E-state index in [0.717, 1.165) is 32.6 Å². The third kappa shape index (κ3) is 4.59. The van der Waals surface area contributed by atoms with Crippen molar-refractivity contribution in [1.29, 1.82) is 0 Å². The van der Waals surface area contributed by atoms with Gasteiger partial charge in [-0.25, -0.2) is 8.42 Å². The van der Waals surface area contributed by atoms with E-state index in [9.17, 15) is 13.2 Å². The molecule has 0 aliphatic heterocycles. The lowest BCUT2D eigenvalue weighted by Gasteiger charge is -2.12. The van der Waals surface area contributed by atoms with Crippen molar-refractivity contribution in [3.8, 4) is 0 Å². The first-order valence-electron chi connectivity index (χ1n) is 10.1. The standard InChI is InChI=1S/C25H21BrN2O3S2/c1-15-8-9-16(2)20(14-15)28-25-24(33(30,31)19-12-10-18(26)11-13-19)21(27)23(32-25)22(29)17-6-4-3-5-7-17/h3-14,28H,27H2,1-2H3. The third-order valence-corrected chi connectivity index (χ3v) is 8.81. The highest BCUT2D eigenvalue weighted by molar-refractivity contribution is 9.10. The molecule has 0 unspecified atom stereocenters. The van der Waals surface area contributed by atoms with Gasteiger partial charge < -0.3 is 11.1 Å². The minimum absolute atomic E-state index is 0.0513. The van der Waals surface area contributed by atoms with Gasteiger partial charge >= 0.3 is 0 Å². The largest absolute Gasteiger partial charge is 0.396 e. The van der Waals surface area contributed by atoms with Crippen LogP contribution in [0, 0.1) is 13.8 Å². The number of nitrogens with two attached hydrogens (primary N) is 1. The molecular weight excluding hydrogens is 520 g/mol. The van der Waals surface area contributed by atoms with Gasteiger partial charge in [-0.2, -0.15) is 0 Å². The molecule has 168 valence electrons. The van der Waals surface area contributed by atoms with Crippen molar-refractivity contribution in [3.63, 3.8) is 0 Å². The molecule has 0 fully saturated rings. The van der Waals surface area contributed by atoms with Gasteiger partial charge in [0.25, 0.3) is 0 Å². The van der Waals surface area contributed by atoms with Crippen LogP contribution in [0.25, 0.3) is 0 Å². The summed E-state index contributed by atoms with van der Waals surface area (Å²) in [4.78, 5) is 13.4. The molecule has 5 nitrogen and oxygen atoms in total. The normalized spacial score (nSPS) is 11.4. The molecule has 3 aromatic carbocycles. The van der Waals surface area contributed by atoms with Gasteiger partial charge in [0.1, 0.15) is 14.8 Å². The molecule has 4 rings (SSSR count). The minimum atomic E-state index is -4.01. The van der Waals surface area contributed by atoms with E-state index in [1.807, 2.05) is 38.1 Å². The number of carbonyl (C=O) groups is 1. The van der Waals surface area contributed by atoms with Gasteiger partial charge in [-0.15, -0.1) is 11.3 Å². The second-order valence-corrected chi connectivity index (χ2v) is 11.4. The Balaban J connectivity index is 1.91. The van der Waals surface area contributed by atoms with Crippen molar-refractivity contribution in [2.24, 2.45) is 0 Å². The number of sulfone groups is 1. The molecule has 0 radical (unpaired) electrons. The van der Waals surface area contributed by atoms with Crippen molar-refractivity contribution < 1.29 is 13.2 Å². The number of thiophene rings is 1. The number of ketones is 1. The summed E-state index contributed by atoms with van der Waals surface area (Å²) in [5, 5.41) is 3.54. The number of nitrogen functional groups attached to an aromatic ring is 1. The molecule has 0 bridgehead atoms. The fraction of sp³-hybridized carbons (Fsp3) is 0.0800. The molecule has 8 heteroatoms. The number of aryl methyl sites for hydroxylation is 2. The van der Waals surface area contributed by atoms with Crippen LogP contribution in [-0.4, -0.2) is 14.2 Å². The molecule has 1 aromatic heterocycles. The molecule has 3 N–H and O–H groups in total. The van der Waals surface area contributed by atoms with Crippen LogP contribution in [0.4, 0.5) is 16.4 Å². The molecule has 0 saturated heterocycles. The number of halogens is 1. The van der Waals surface area contributed by atoms with Gasteiger partial charge in [0, 0.05) is 15.7 Å². The van der Waals surface area contributed by atoms with E-state index in [2.05, 4.69) is 21.2 Å². The predicted molar refractivity (Wildman–Crippen MR) is 137 cm³/mol. The maximum atomic E-state index is 13.7. The lowest BCUT2D eigenvalue weighted by Crippen LogP contribution is -2.08. The number of hydrogen-bond acceptors (Lipinski definition) is 6. The van der Waals surface area contributed by atoms with Crippen LogP contribution >= 0.6 is 27.3 Å². The molecule has 0 atom stereocenters. The summed E-state index contributed by atoms with van der Waals surface area (Å²) in [6.45, 7) is 3.88. The minimum Gasteiger partial charge on any atom is -0.396 e. The first kappa shape index (κ1) is 23.2. The molecule has 0 amide bonds. The summed E-state index contributed by atoms with van der Waals surface area (Å²) in [5.74, 6) is -0.320. The zero-order valence-electron chi connectivity index (χ0n) is 17.9. The number of benzene rings is 3. The van der Waals surface area contributed by atoms with Gasteiger partial charge in [-0.05, 0) is 55.3 Å². The van der Waals surface area contributed by atoms with Crippen LogP contribution in [0.15, 0.2) is 87.1 Å². The number of rotatable bonds is 6. The smallest absolute Gasteiger partial charge is 0.211 e. The Kier molecular flexibility index (Phi) is 6.43. The maximum absolute atomic E-state index is 13.7. The van der Waals surface area contributed by atoms with Crippen LogP contribution in [0.2, 0.25) is 0 Å². The number of nitrogens with one attached hydrogen (secondary N) is 1. The van der Waals surface area contributed by atoms with Crippen LogP contribution in [0.5, 0.6) is 0 Å². The Morgan fingerprint density at radius 2 is 1.64 bits per heavy atom. The maximum Gasteiger partial charge on any atom is 0.211 e. The Labute approximate surface area is 205 Å². The van der Waals surface area contributed by atoms with E-state index in [0.29, 0.717) is 10.6 Å². The Morgan fingerprint density at radius 3 is 2.30 bits per heavy atom. The predicted octanol–water partition coefficient (Wildman–Crippen LogP) is 6.52. The fourth-order valence-electron chi connectivity index (χ4n) is 3.39. The average Bonchev–Trinajstić information content (AvgIpc) is 3.13. The van der Waals surface area contributed by atoms with Crippen molar-refractivity contribution >= 4 is 59.3 Å². The molecule has 0 aliphatic rings. The summed E-state index contributed by atoms with van der Waals surface area (Å²) in [7, 11) is -4.01. The van der Waals surface area contributed by atoms with E-state index in [1.54, 1.807) is 36.4 Å². The molecule has 1 heterocycles. The lowest BCUT2D eigenvalue weighted by atomic mass is 10.1. The van der Waals surface area contributed by atoms with Crippen molar-refractivity contribution in [3.05, 3.63) is 98.8 Å². The average molecular weight is 541 g/mol. The summed E-state index contributed by atoms with van der Waals surface area (Å²) in [6, 6.07) is 20.9.